The maximum Gasteiger partial charge on any atom is 0.245 e. The van der Waals surface area contributed by atoms with Gasteiger partial charge in [0.25, 0.3) is 0 Å². The second-order valence-electron chi connectivity index (χ2n) is 5.68. The van der Waals surface area contributed by atoms with Gasteiger partial charge in [0.2, 0.25) is 18.6 Å². The number of hydrogen-bond acceptors (Lipinski definition) is 4. The van der Waals surface area contributed by atoms with Crippen molar-refractivity contribution in [1.82, 2.24) is 10.2 Å². The summed E-state index contributed by atoms with van der Waals surface area (Å²) < 4.78 is 10.6. The lowest BCUT2D eigenvalue weighted by Crippen LogP contribution is -2.48. The molecule has 1 saturated heterocycles. The monoisotopic (exact) mass is 304 g/mol. The summed E-state index contributed by atoms with van der Waals surface area (Å²) >= 11 is 0. The highest BCUT2D eigenvalue weighted by atomic mass is 16.7. The predicted octanol–water partition coefficient (Wildman–Crippen LogP) is 1.08. The third-order valence-corrected chi connectivity index (χ3v) is 3.97. The Labute approximate surface area is 129 Å². The third kappa shape index (κ3) is 3.16. The molecule has 22 heavy (non-hydrogen) atoms. The van der Waals surface area contributed by atoms with Crippen LogP contribution in [0.2, 0.25) is 0 Å². The first-order valence-corrected chi connectivity index (χ1v) is 7.58. The van der Waals surface area contributed by atoms with Crippen LogP contribution >= 0.6 is 0 Å². The van der Waals surface area contributed by atoms with Crippen LogP contribution in [-0.2, 0) is 16.0 Å². The molecule has 0 saturated carbocycles. The van der Waals surface area contributed by atoms with Gasteiger partial charge in [-0.15, -0.1) is 0 Å². The number of benzene rings is 1. The highest BCUT2D eigenvalue weighted by molar-refractivity contribution is 5.87. The van der Waals surface area contributed by atoms with Crippen LogP contribution in [0.25, 0.3) is 0 Å². The quantitative estimate of drug-likeness (QED) is 0.904. The number of hydrogen-bond donors (Lipinski definition) is 1. The van der Waals surface area contributed by atoms with E-state index in [0.717, 1.165) is 31.5 Å². The molecule has 1 aromatic rings. The van der Waals surface area contributed by atoms with Crippen LogP contribution in [0.5, 0.6) is 11.5 Å². The fraction of sp³-hybridized carbons (Fsp3) is 0.500. The van der Waals surface area contributed by atoms with E-state index in [2.05, 4.69) is 5.32 Å². The molecule has 1 atom stereocenters. The smallest absolute Gasteiger partial charge is 0.245 e. The summed E-state index contributed by atoms with van der Waals surface area (Å²) in [6, 6.07) is 5.08. The Morgan fingerprint density at radius 1 is 1.23 bits per heavy atom. The molecule has 1 fully saturated rings. The Balaban J connectivity index is 1.74. The first kappa shape index (κ1) is 14.7. The standard InChI is InChI=1S/C16H20N2O4/c1-11(19)17-13(16(20)18-6-2-3-7-18)8-12-4-5-14-15(9-12)22-10-21-14/h4-5,9,13H,2-3,6-8,10H2,1H3,(H,17,19). The molecule has 2 heterocycles. The van der Waals surface area contributed by atoms with Crippen molar-refractivity contribution in [2.75, 3.05) is 19.9 Å². The van der Waals surface area contributed by atoms with Crippen molar-refractivity contribution in [3.05, 3.63) is 23.8 Å². The first-order valence-electron chi connectivity index (χ1n) is 7.58. The number of carbonyl (C=O) groups is 2. The number of ether oxygens (including phenoxy) is 2. The van der Waals surface area contributed by atoms with Gasteiger partial charge in [0.1, 0.15) is 6.04 Å². The number of nitrogens with one attached hydrogen (secondary N) is 1. The summed E-state index contributed by atoms with van der Waals surface area (Å²) in [5.41, 5.74) is 0.940. The van der Waals surface area contributed by atoms with E-state index in [4.69, 9.17) is 9.47 Å². The number of likely N-dealkylation sites (tertiary alicyclic amines) is 1. The van der Waals surface area contributed by atoms with E-state index in [1.165, 1.54) is 6.92 Å². The van der Waals surface area contributed by atoms with E-state index < -0.39 is 6.04 Å². The van der Waals surface area contributed by atoms with Crippen LogP contribution in [0, 0.1) is 0 Å². The van der Waals surface area contributed by atoms with Gasteiger partial charge in [0, 0.05) is 26.4 Å². The molecular formula is C16H20N2O4. The van der Waals surface area contributed by atoms with Gasteiger partial charge >= 0.3 is 0 Å². The SMILES string of the molecule is CC(=O)NC(Cc1ccc2c(c1)OCO2)C(=O)N1CCCC1. The van der Waals surface area contributed by atoms with Gasteiger partial charge in [-0.3, -0.25) is 9.59 Å². The van der Waals surface area contributed by atoms with Gasteiger partial charge < -0.3 is 19.7 Å². The highest BCUT2D eigenvalue weighted by Gasteiger charge is 2.27. The van der Waals surface area contributed by atoms with Gasteiger partial charge in [0.05, 0.1) is 0 Å². The maximum absolute atomic E-state index is 12.6. The van der Waals surface area contributed by atoms with Crippen LogP contribution in [0.3, 0.4) is 0 Å². The fourth-order valence-corrected chi connectivity index (χ4v) is 2.91. The molecule has 0 aromatic heterocycles. The molecular weight excluding hydrogens is 284 g/mol. The molecule has 0 bridgehead atoms. The maximum atomic E-state index is 12.6. The minimum atomic E-state index is -0.532. The van der Waals surface area contributed by atoms with Gasteiger partial charge in [-0.1, -0.05) is 6.07 Å². The second-order valence-corrected chi connectivity index (χ2v) is 5.68. The lowest BCUT2D eigenvalue weighted by molar-refractivity contribution is -0.135. The Bertz CT molecular complexity index is 582. The van der Waals surface area contributed by atoms with Crippen molar-refractivity contribution in [3.8, 4) is 11.5 Å². The molecule has 6 nitrogen and oxygen atoms in total. The van der Waals surface area contributed by atoms with Gasteiger partial charge in [-0.25, -0.2) is 0 Å². The zero-order chi connectivity index (χ0) is 15.5. The van der Waals surface area contributed by atoms with E-state index in [9.17, 15) is 9.59 Å². The lowest BCUT2D eigenvalue weighted by Gasteiger charge is -2.23. The molecule has 6 heteroatoms. The predicted molar refractivity (Wildman–Crippen MR) is 79.7 cm³/mol. The first-order chi connectivity index (χ1) is 10.6. The zero-order valence-corrected chi connectivity index (χ0v) is 12.6. The van der Waals surface area contributed by atoms with Crippen LogP contribution < -0.4 is 14.8 Å². The van der Waals surface area contributed by atoms with Crippen LogP contribution in [0.4, 0.5) is 0 Å². The lowest BCUT2D eigenvalue weighted by atomic mass is 10.0. The van der Waals surface area contributed by atoms with Crippen molar-refractivity contribution < 1.29 is 19.1 Å². The van der Waals surface area contributed by atoms with Gasteiger partial charge in [-0.2, -0.15) is 0 Å². The summed E-state index contributed by atoms with van der Waals surface area (Å²) in [5.74, 6) is 1.20. The number of rotatable bonds is 4. The van der Waals surface area contributed by atoms with Crippen molar-refractivity contribution in [3.63, 3.8) is 0 Å². The van der Waals surface area contributed by atoms with Gasteiger partial charge in [0.15, 0.2) is 11.5 Å². The summed E-state index contributed by atoms with van der Waals surface area (Å²) in [6.07, 6.45) is 2.51. The second kappa shape index (κ2) is 6.25. The van der Waals surface area contributed by atoms with E-state index in [0.29, 0.717) is 17.9 Å². The van der Waals surface area contributed by atoms with Gasteiger partial charge in [-0.05, 0) is 30.5 Å². The molecule has 2 amide bonds. The van der Waals surface area contributed by atoms with E-state index in [1.807, 2.05) is 23.1 Å². The molecule has 0 aliphatic carbocycles. The zero-order valence-electron chi connectivity index (χ0n) is 12.6. The van der Waals surface area contributed by atoms with Crippen molar-refractivity contribution in [2.24, 2.45) is 0 Å². The molecule has 0 radical (unpaired) electrons. The Hall–Kier alpha value is -2.24. The van der Waals surface area contributed by atoms with Crippen LogP contribution in [0.1, 0.15) is 25.3 Å². The van der Waals surface area contributed by atoms with Crippen molar-refractivity contribution in [2.45, 2.75) is 32.2 Å². The van der Waals surface area contributed by atoms with E-state index >= 15 is 0 Å². The molecule has 1 N–H and O–H groups in total. The average molecular weight is 304 g/mol. The summed E-state index contributed by atoms with van der Waals surface area (Å²) in [6.45, 7) is 3.20. The number of amides is 2. The van der Waals surface area contributed by atoms with Crippen molar-refractivity contribution >= 4 is 11.8 Å². The van der Waals surface area contributed by atoms with E-state index in [1.54, 1.807) is 0 Å². The van der Waals surface area contributed by atoms with Crippen molar-refractivity contribution in [1.29, 1.82) is 0 Å². The third-order valence-electron chi connectivity index (χ3n) is 3.97. The summed E-state index contributed by atoms with van der Waals surface area (Å²) in [4.78, 5) is 25.8. The number of fused-ring (bicyclic) bond motifs is 1. The summed E-state index contributed by atoms with van der Waals surface area (Å²) in [7, 11) is 0. The molecule has 3 rings (SSSR count). The minimum Gasteiger partial charge on any atom is -0.454 e. The van der Waals surface area contributed by atoms with Crippen LogP contribution in [0.15, 0.2) is 18.2 Å². The molecule has 1 unspecified atom stereocenters. The van der Waals surface area contributed by atoms with Crippen LogP contribution in [-0.4, -0.2) is 42.6 Å². The average Bonchev–Trinajstić information content (AvgIpc) is 3.16. The normalized spacial score (nSPS) is 17.4. The Morgan fingerprint density at radius 2 is 1.95 bits per heavy atom. The molecule has 2 aliphatic heterocycles. The number of carbonyl (C=O) groups excluding carboxylic acids is 2. The Morgan fingerprint density at radius 3 is 2.68 bits per heavy atom. The summed E-state index contributed by atoms with van der Waals surface area (Å²) in [5, 5.41) is 2.77. The fourth-order valence-electron chi connectivity index (χ4n) is 2.91. The Kier molecular flexibility index (Phi) is 4.18. The number of nitrogens with zero attached hydrogens (tertiary/aromatic N) is 1. The minimum absolute atomic E-state index is 0.00892. The molecule has 118 valence electrons. The highest BCUT2D eigenvalue weighted by Crippen LogP contribution is 2.32. The molecule has 0 spiro atoms. The topological polar surface area (TPSA) is 67.9 Å². The molecule has 1 aromatic carbocycles. The largest absolute Gasteiger partial charge is 0.454 e. The van der Waals surface area contributed by atoms with E-state index in [-0.39, 0.29) is 18.6 Å². The molecule has 2 aliphatic rings.